The van der Waals surface area contributed by atoms with Gasteiger partial charge in [-0.1, -0.05) is 12.1 Å². The minimum absolute atomic E-state index is 0.0169. The summed E-state index contributed by atoms with van der Waals surface area (Å²) in [5.41, 5.74) is 0.830. The molecule has 2 heterocycles. The Morgan fingerprint density at radius 1 is 1.45 bits per heavy atom. The first-order chi connectivity index (χ1) is 9.62. The standard InChI is InChI=1S/C16H21NO3/c1-11-16(2,7-8-19-11)17-10-13-9-12-5-4-6-14(18-3)15(12)20-13/h4-6,9,11,17H,7-8,10H2,1-3H3. The largest absolute Gasteiger partial charge is 0.493 e. The van der Waals surface area contributed by atoms with Crippen LogP contribution in [0.5, 0.6) is 5.75 Å². The van der Waals surface area contributed by atoms with E-state index >= 15 is 0 Å². The average molecular weight is 275 g/mol. The SMILES string of the molecule is COc1cccc2cc(CNC3(C)CCOC3C)oc12. The number of ether oxygens (including phenoxy) is 2. The minimum Gasteiger partial charge on any atom is -0.493 e. The second-order valence-corrected chi connectivity index (χ2v) is 5.63. The molecule has 4 nitrogen and oxygen atoms in total. The lowest BCUT2D eigenvalue weighted by Crippen LogP contribution is -2.47. The Labute approximate surface area is 119 Å². The first-order valence-electron chi connectivity index (χ1n) is 7.04. The molecule has 2 unspecified atom stereocenters. The summed E-state index contributed by atoms with van der Waals surface area (Å²) in [4.78, 5) is 0. The number of para-hydroxylation sites is 1. The Morgan fingerprint density at radius 2 is 2.30 bits per heavy atom. The topological polar surface area (TPSA) is 43.6 Å². The predicted molar refractivity (Wildman–Crippen MR) is 78.0 cm³/mol. The molecule has 0 bridgehead atoms. The van der Waals surface area contributed by atoms with Gasteiger partial charge in [0, 0.05) is 17.5 Å². The van der Waals surface area contributed by atoms with Crippen molar-refractivity contribution in [3.63, 3.8) is 0 Å². The lowest BCUT2D eigenvalue weighted by molar-refractivity contribution is 0.0875. The molecule has 0 amide bonds. The molecule has 3 rings (SSSR count). The number of hydrogen-bond acceptors (Lipinski definition) is 4. The molecular weight excluding hydrogens is 254 g/mol. The molecule has 2 aromatic rings. The summed E-state index contributed by atoms with van der Waals surface area (Å²) in [5.74, 6) is 1.70. The molecule has 1 saturated heterocycles. The van der Waals surface area contributed by atoms with Crippen LogP contribution in [0.4, 0.5) is 0 Å². The van der Waals surface area contributed by atoms with E-state index in [2.05, 4.69) is 25.2 Å². The Bertz CT molecular complexity index is 607. The van der Waals surface area contributed by atoms with Gasteiger partial charge >= 0.3 is 0 Å². The molecule has 0 radical (unpaired) electrons. The smallest absolute Gasteiger partial charge is 0.176 e. The Kier molecular flexibility index (Phi) is 3.44. The minimum atomic E-state index is 0.0169. The molecule has 108 valence electrons. The molecule has 20 heavy (non-hydrogen) atoms. The number of rotatable bonds is 4. The first kappa shape index (κ1) is 13.5. The van der Waals surface area contributed by atoms with Gasteiger partial charge in [-0.2, -0.15) is 0 Å². The van der Waals surface area contributed by atoms with Gasteiger partial charge in [-0.25, -0.2) is 0 Å². The fourth-order valence-electron chi connectivity index (χ4n) is 2.69. The third-order valence-electron chi connectivity index (χ3n) is 4.33. The Hall–Kier alpha value is -1.52. The monoisotopic (exact) mass is 275 g/mol. The van der Waals surface area contributed by atoms with Gasteiger partial charge < -0.3 is 19.2 Å². The van der Waals surface area contributed by atoms with Crippen LogP contribution in [-0.2, 0) is 11.3 Å². The van der Waals surface area contributed by atoms with E-state index in [1.54, 1.807) is 7.11 Å². The molecule has 0 spiro atoms. The molecule has 1 aromatic heterocycles. The van der Waals surface area contributed by atoms with E-state index in [4.69, 9.17) is 13.9 Å². The van der Waals surface area contributed by atoms with Crippen LogP contribution < -0.4 is 10.1 Å². The average Bonchev–Trinajstić information content (AvgIpc) is 3.01. The molecule has 1 aliphatic rings. The molecule has 2 atom stereocenters. The van der Waals surface area contributed by atoms with E-state index in [0.29, 0.717) is 6.54 Å². The van der Waals surface area contributed by atoms with Gasteiger partial charge in [0.25, 0.3) is 0 Å². The maximum absolute atomic E-state index is 5.90. The van der Waals surface area contributed by atoms with Crippen molar-refractivity contribution in [2.75, 3.05) is 13.7 Å². The summed E-state index contributed by atoms with van der Waals surface area (Å²) in [7, 11) is 1.66. The van der Waals surface area contributed by atoms with Crippen LogP contribution >= 0.6 is 0 Å². The van der Waals surface area contributed by atoms with Crippen LogP contribution in [0.3, 0.4) is 0 Å². The Balaban J connectivity index is 1.78. The van der Waals surface area contributed by atoms with Gasteiger partial charge in [0.15, 0.2) is 11.3 Å². The zero-order valence-electron chi connectivity index (χ0n) is 12.2. The number of methoxy groups -OCH3 is 1. The van der Waals surface area contributed by atoms with E-state index in [0.717, 1.165) is 35.5 Å². The van der Waals surface area contributed by atoms with Crippen molar-refractivity contribution in [1.29, 1.82) is 0 Å². The molecular formula is C16H21NO3. The van der Waals surface area contributed by atoms with Gasteiger partial charge in [-0.05, 0) is 32.4 Å². The van der Waals surface area contributed by atoms with E-state index in [-0.39, 0.29) is 11.6 Å². The van der Waals surface area contributed by atoms with Gasteiger partial charge in [0.1, 0.15) is 5.76 Å². The summed E-state index contributed by atoms with van der Waals surface area (Å²) in [6, 6.07) is 7.99. The van der Waals surface area contributed by atoms with Crippen LogP contribution in [0.2, 0.25) is 0 Å². The zero-order valence-corrected chi connectivity index (χ0v) is 12.2. The highest BCUT2D eigenvalue weighted by Crippen LogP contribution is 2.30. The van der Waals surface area contributed by atoms with Crippen LogP contribution in [0.1, 0.15) is 26.0 Å². The fraction of sp³-hybridized carbons (Fsp3) is 0.500. The van der Waals surface area contributed by atoms with E-state index in [9.17, 15) is 0 Å². The maximum atomic E-state index is 5.90. The number of benzene rings is 1. The fourth-order valence-corrected chi connectivity index (χ4v) is 2.69. The van der Waals surface area contributed by atoms with Crippen LogP contribution in [0, 0.1) is 0 Å². The predicted octanol–water partition coefficient (Wildman–Crippen LogP) is 3.10. The molecule has 1 N–H and O–H groups in total. The summed E-state index contributed by atoms with van der Waals surface area (Å²) in [5, 5.41) is 4.63. The van der Waals surface area contributed by atoms with Gasteiger partial charge in [0.05, 0.1) is 19.8 Å². The third-order valence-corrected chi connectivity index (χ3v) is 4.33. The van der Waals surface area contributed by atoms with Crippen LogP contribution in [0.25, 0.3) is 11.0 Å². The van der Waals surface area contributed by atoms with Crippen molar-refractivity contribution < 1.29 is 13.9 Å². The quantitative estimate of drug-likeness (QED) is 0.931. The van der Waals surface area contributed by atoms with Crippen molar-refractivity contribution >= 4 is 11.0 Å². The molecule has 1 aliphatic heterocycles. The lowest BCUT2D eigenvalue weighted by Gasteiger charge is -2.28. The number of hydrogen-bond donors (Lipinski definition) is 1. The van der Waals surface area contributed by atoms with Crippen molar-refractivity contribution in [2.45, 2.75) is 38.5 Å². The number of nitrogens with one attached hydrogen (secondary N) is 1. The molecule has 1 fully saturated rings. The van der Waals surface area contributed by atoms with Crippen molar-refractivity contribution in [2.24, 2.45) is 0 Å². The van der Waals surface area contributed by atoms with Crippen molar-refractivity contribution in [1.82, 2.24) is 5.32 Å². The summed E-state index contributed by atoms with van der Waals surface area (Å²) < 4.78 is 16.9. The highest BCUT2D eigenvalue weighted by molar-refractivity contribution is 5.83. The lowest BCUT2D eigenvalue weighted by atomic mass is 9.95. The second-order valence-electron chi connectivity index (χ2n) is 5.63. The third kappa shape index (κ3) is 2.30. The number of furan rings is 1. The molecule has 0 saturated carbocycles. The van der Waals surface area contributed by atoms with Crippen LogP contribution in [0.15, 0.2) is 28.7 Å². The van der Waals surface area contributed by atoms with Gasteiger partial charge in [0.2, 0.25) is 0 Å². The zero-order chi connectivity index (χ0) is 14.2. The maximum Gasteiger partial charge on any atom is 0.176 e. The summed E-state index contributed by atoms with van der Waals surface area (Å²) >= 11 is 0. The van der Waals surface area contributed by atoms with E-state index < -0.39 is 0 Å². The molecule has 1 aromatic carbocycles. The first-order valence-corrected chi connectivity index (χ1v) is 7.04. The highest BCUT2D eigenvalue weighted by atomic mass is 16.5. The number of fused-ring (bicyclic) bond motifs is 1. The van der Waals surface area contributed by atoms with Crippen molar-refractivity contribution in [3.05, 3.63) is 30.0 Å². The Morgan fingerprint density at radius 3 is 3.00 bits per heavy atom. The summed E-state index contributed by atoms with van der Waals surface area (Å²) in [6.45, 7) is 5.83. The highest BCUT2D eigenvalue weighted by Gasteiger charge is 2.36. The summed E-state index contributed by atoms with van der Waals surface area (Å²) in [6.07, 6.45) is 1.25. The normalized spacial score (nSPS) is 26.2. The van der Waals surface area contributed by atoms with Crippen molar-refractivity contribution in [3.8, 4) is 5.75 Å². The van der Waals surface area contributed by atoms with Gasteiger partial charge in [-0.15, -0.1) is 0 Å². The molecule has 4 heteroatoms. The van der Waals surface area contributed by atoms with E-state index in [1.165, 1.54) is 0 Å². The van der Waals surface area contributed by atoms with Gasteiger partial charge in [-0.3, -0.25) is 0 Å². The molecule has 0 aliphatic carbocycles. The van der Waals surface area contributed by atoms with Crippen LogP contribution in [-0.4, -0.2) is 25.4 Å². The van der Waals surface area contributed by atoms with E-state index in [1.807, 2.05) is 18.2 Å². The second kappa shape index (κ2) is 5.11.